The number of carbonyl (C=O) groups is 2. The van der Waals surface area contributed by atoms with Crippen LogP contribution in [-0.4, -0.2) is 28.9 Å². The molecule has 0 heterocycles. The molecule has 0 aromatic heterocycles. The van der Waals surface area contributed by atoms with Gasteiger partial charge in [0.25, 0.3) is 0 Å². The second-order valence-corrected chi connectivity index (χ2v) is 6.79. The largest absolute Gasteiger partial charge is 0.513 e. The van der Waals surface area contributed by atoms with Gasteiger partial charge in [-0.2, -0.15) is 0 Å². The van der Waals surface area contributed by atoms with E-state index >= 15 is 0 Å². The molecule has 0 bridgehead atoms. The second-order valence-electron chi connectivity index (χ2n) is 6.79. The van der Waals surface area contributed by atoms with Crippen molar-refractivity contribution < 1.29 is 29.3 Å². The number of phenolic OH excluding ortho intramolecular Hbond substituents is 1. The van der Waals surface area contributed by atoms with E-state index in [9.17, 15) is 14.7 Å². The molecule has 0 atom stereocenters. The van der Waals surface area contributed by atoms with Crippen LogP contribution in [0.15, 0.2) is 30.3 Å². The van der Waals surface area contributed by atoms with Crippen LogP contribution >= 0.6 is 0 Å². The van der Waals surface area contributed by atoms with Gasteiger partial charge in [0, 0.05) is 0 Å². The van der Waals surface area contributed by atoms with Crippen LogP contribution in [0.25, 0.3) is 0 Å². The van der Waals surface area contributed by atoms with E-state index in [0.717, 1.165) is 27.8 Å². The third-order valence-corrected chi connectivity index (χ3v) is 4.32. The molecule has 0 saturated carbocycles. The van der Waals surface area contributed by atoms with Crippen molar-refractivity contribution in [3.8, 4) is 11.5 Å². The molecule has 0 aliphatic carbocycles. The first-order valence-corrected chi connectivity index (χ1v) is 8.65. The maximum Gasteiger partial charge on any atom is 0.513 e. The fourth-order valence-electron chi connectivity index (χ4n) is 2.97. The number of hydrogen-bond acceptors (Lipinski definition) is 5. The number of carbonyl (C=O) groups excluding carboxylic acids is 1. The lowest BCUT2D eigenvalue weighted by molar-refractivity contribution is -0.141. The highest BCUT2D eigenvalue weighted by Gasteiger charge is 2.13. The molecule has 0 aliphatic heterocycles. The number of benzene rings is 2. The molecular weight excluding hydrogens is 348 g/mol. The maximum atomic E-state index is 11.3. The summed E-state index contributed by atoms with van der Waals surface area (Å²) in [5, 5.41) is 18.4. The third-order valence-electron chi connectivity index (χ3n) is 4.32. The van der Waals surface area contributed by atoms with Crippen LogP contribution < -0.4 is 4.74 Å². The van der Waals surface area contributed by atoms with Crippen LogP contribution in [0.3, 0.4) is 0 Å². The fourth-order valence-corrected chi connectivity index (χ4v) is 2.97. The van der Waals surface area contributed by atoms with Crippen molar-refractivity contribution in [2.75, 3.05) is 6.61 Å². The lowest BCUT2D eigenvalue weighted by Crippen LogP contribution is -2.18. The molecule has 0 spiro atoms. The van der Waals surface area contributed by atoms with E-state index in [1.807, 2.05) is 39.8 Å². The summed E-state index contributed by atoms with van der Waals surface area (Å²) in [4.78, 5) is 21.6. The monoisotopic (exact) mass is 372 g/mol. The van der Waals surface area contributed by atoms with E-state index in [0.29, 0.717) is 17.9 Å². The molecule has 0 unspecified atom stereocenters. The Morgan fingerprint density at radius 3 is 2.26 bits per heavy atom. The fraction of sp³-hybridized carbons (Fsp3) is 0.333. The number of aryl methyl sites for hydroxylation is 2. The van der Waals surface area contributed by atoms with Gasteiger partial charge in [0.15, 0.2) is 6.61 Å². The van der Waals surface area contributed by atoms with Gasteiger partial charge in [0.05, 0.1) is 0 Å². The molecule has 0 fully saturated rings. The Kier molecular flexibility index (Phi) is 6.45. The summed E-state index contributed by atoms with van der Waals surface area (Å²) in [6.45, 7) is 7.51. The molecule has 144 valence electrons. The van der Waals surface area contributed by atoms with E-state index < -0.39 is 18.7 Å². The van der Waals surface area contributed by atoms with Crippen molar-refractivity contribution in [1.82, 2.24) is 0 Å². The molecule has 0 radical (unpaired) electrons. The number of phenols is 1. The molecule has 27 heavy (non-hydrogen) atoms. The van der Waals surface area contributed by atoms with Crippen LogP contribution in [0.5, 0.6) is 11.5 Å². The molecule has 6 heteroatoms. The van der Waals surface area contributed by atoms with Crippen molar-refractivity contribution in [3.63, 3.8) is 0 Å². The Morgan fingerprint density at radius 2 is 1.70 bits per heavy atom. The molecule has 0 saturated heterocycles. The Morgan fingerprint density at radius 1 is 1.07 bits per heavy atom. The summed E-state index contributed by atoms with van der Waals surface area (Å²) in [5.74, 6) is 0.0459. The Labute approximate surface area is 158 Å². The zero-order chi connectivity index (χ0) is 20.1. The Balaban J connectivity index is 2.16. The molecule has 2 rings (SSSR count). The summed E-state index contributed by atoms with van der Waals surface area (Å²) < 4.78 is 9.34. The van der Waals surface area contributed by atoms with Crippen LogP contribution in [0.4, 0.5) is 4.79 Å². The highest BCUT2D eigenvalue weighted by molar-refractivity contribution is 5.81. The van der Waals surface area contributed by atoms with Crippen molar-refractivity contribution in [2.24, 2.45) is 0 Å². The molecule has 2 N–H and O–H groups in total. The normalized spacial score (nSPS) is 10.7. The smallest absolute Gasteiger partial charge is 0.508 e. The predicted molar refractivity (Wildman–Crippen MR) is 101 cm³/mol. The van der Waals surface area contributed by atoms with Gasteiger partial charge < -0.3 is 19.7 Å². The summed E-state index contributed by atoms with van der Waals surface area (Å²) >= 11 is 0. The predicted octanol–water partition coefficient (Wildman–Crippen LogP) is 4.32. The van der Waals surface area contributed by atoms with Crippen LogP contribution in [0.2, 0.25) is 0 Å². The van der Waals surface area contributed by atoms with E-state index in [4.69, 9.17) is 9.84 Å². The summed E-state index contributed by atoms with van der Waals surface area (Å²) in [6, 6.07) is 9.26. The second kappa shape index (κ2) is 8.58. The summed E-state index contributed by atoms with van der Waals surface area (Å²) in [6.07, 6.45) is -0.945. The van der Waals surface area contributed by atoms with Crippen molar-refractivity contribution in [3.05, 3.63) is 58.1 Å². The number of esters is 1. The van der Waals surface area contributed by atoms with Gasteiger partial charge >= 0.3 is 12.1 Å². The van der Waals surface area contributed by atoms with Gasteiger partial charge in [-0.25, -0.2) is 9.59 Å². The van der Waals surface area contributed by atoms with Crippen molar-refractivity contribution in [1.29, 1.82) is 0 Å². The number of aromatic hydroxyl groups is 1. The molecule has 6 nitrogen and oxygen atoms in total. The van der Waals surface area contributed by atoms with Gasteiger partial charge in [0.2, 0.25) is 0 Å². The number of hydrogen-bond donors (Lipinski definition) is 2. The lowest BCUT2D eigenvalue weighted by Gasteiger charge is -2.15. The average molecular weight is 372 g/mol. The average Bonchev–Trinajstić information content (AvgIpc) is 2.56. The van der Waals surface area contributed by atoms with Crippen LogP contribution in [0, 0.1) is 13.8 Å². The van der Waals surface area contributed by atoms with Crippen LogP contribution in [-0.2, 0) is 16.0 Å². The standard InChI is InChI=1S/C21H24O6/c1-12(2)17-9-15(5-6-19(17)22)10-18-13(3)7-16(8-14(18)4)26-11-20(23)27-21(24)25/h5-9,12,22H,10-11H2,1-4H3,(H,24,25). The SMILES string of the molecule is Cc1cc(OCC(=O)OC(=O)O)cc(C)c1Cc1ccc(O)c(C(C)C)c1. The molecular formula is C21H24O6. The molecule has 2 aromatic rings. The van der Waals surface area contributed by atoms with E-state index in [1.54, 1.807) is 18.2 Å². The lowest BCUT2D eigenvalue weighted by atomic mass is 9.93. The molecule has 0 aliphatic rings. The van der Waals surface area contributed by atoms with Gasteiger partial charge in [-0.15, -0.1) is 0 Å². The minimum Gasteiger partial charge on any atom is -0.508 e. The van der Waals surface area contributed by atoms with Crippen LogP contribution in [0.1, 0.15) is 47.6 Å². The van der Waals surface area contributed by atoms with Gasteiger partial charge in [-0.1, -0.05) is 26.0 Å². The number of carboxylic acid groups (broad SMARTS) is 1. The zero-order valence-corrected chi connectivity index (χ0v) is 15.9. The summed E-state index contributed by atoms with van der Waals surface area (Å²) in [5.41, 5.74) is 5.14. The van der Waals surface area contributed by atoms with E-state index in [2.05, 4.69) is 4.74 Å². The first kappa shape index (κ1) is 20.3. The Hall–Kier alpha value is -3.02. The van der Waals surface area contributed by atoms with Gasteiger partial charge in [-0.05, 0) is 72.2 Å². The first-order chi connectivity index (χ1) is 12.7. The highest BCUT2D eigenvalue weighted by atomic mass is 16.7. The highest BCUT2D eigenvalue weighted by Crippen LogP contribution is 2.29. The van der Waals surface area contributed by atoms with E-state index in [-0.39, 0.29) is 5.92 Å². The Bertz CT molecular complexity index is 831. The maximum absolute atomic E-state index is 11.3. The zero-order valence-electron chi connectivity index (χ0n) is 15.9. The van der Waals surface area contributed by atoms with Gasteiger partial charge in [-0.3, -0.25) is 0 Å². The minimum atomic E-state index is -1.65. The van der Waals surface area contributed by atoms with E-state index in [1.165, 1.54) is 0 Å². The third kappa shape index (κ3) is 5.48. The topological polar surface area (TPSA) is 93.1 Å². The number of rotatable bonds is 6. The number of ether oxygens (including phenoxy) is 2. The molecule has 0 amide bonds. The summed E-state index contributed by atoms with van der Waals surface area (Å²) in [7, 11) is 0. The quantitative estimate of drug-likeness (QED) is 0.579. The van der Waals surface area contributed by atoms with Crippen molar-refractivity contribution >= 4 is 12.1 Å². The molecule has 2 aromatic carbocycles. The van der Waals surface area contributed by atoms with Gasteiger partial charge in [0.1, 0.15) is 11.5 Å². The minimum absolute atomic E-state index is 0.230. The first-order valence-electron chi connectivity index (χ1n) is 8.65. The van der Waals surface area contributed by atoms with Crippen molar-refractivity contribution in [2.45, 2.75) is 40.0 Å².